The third-order valence-electron chi connectivity index (χ3n) is 4.30. The Morgan fingerprint density at radius 1 is 0.972 bits per heavy atom. The Morgan fingerprint density at radius 3 is 2.11 bits per heavy atom. The van der Waals surface area contributed by atoms with Crippen LogP contribution in [0.1, 0.15) is 25.8 Å². The molecule has 2 heterocycles. The Balaban J connectivity index is 1.89. The van der Waals surface area contributed by atoms with Crippen LogP contribution in [0, 0.1) is 0 Å². The van der Waals surface area contributed by atoms with Gasteiger partial charge in [0.05, 0.1) is 25.3 Å². The fraction of sp³-hybridized carbons (Fsp3) is 0.579. The number of fused-ring (bicyclic) bond motifs is 1. The number of rotatable bonds is 17. The van der Waals surface area contributed by atoms with Crippen LogP contribution in [0.5, 0.6) is 11.5 Å². The summed E-state index contributed by atoms with van der Waals surface area (Å²) in [5.74, 6) is 1.65. The molecule has 0 aliphatic carbocycles. The van der Waals surface area contributed by atoms with Crippen LogP contribution in [-0.4, -0.2) is 84.6 Å². The molecule has 0 fully saturated rings. The van der Waals surface area contributed by atoms with E-state index in [0.29, 0.717) is 55.7 Å². The number of amides is 2. The van der Waals surface area contributed by atoms with E-state index < -0.39 is 6.04 Å². The van der Waals surface area contributed by atoms with E-state index in [2.05, 4.69) is 58.0 Å². The van der Waals surface area contributed by atoms with Gasteiger partial charge in [0.15, 0.2) is 11.5 Å². The molecule has 0 saturated carbocycles. The van der Waals surface area contributed by atoms with Gasteiger partial charge >= 0.3 is 0 Å². The molecule has 1 aliphatic heterocycles. The van der Waals surface area contributed by atoms with Gasteiger partial charge in [0.2, 0.25) is 5.12 Å². The summed E-state index contributed by atoms with van der Waals surface area (Å²) < 4.78 is 17.4. The molecule has 0 spiro atoms. The molecule has 2 amide bonds. The number of nitrogens with one attached hydrogen (secondary N) is 4. The van der Waals surface area contributed by atoms with Crippen LogP contribution < -0.4 is 29.6 Å². The summed E-state index contributed by atoms with van der Waals surface area (Å²) in [4.78, 5) is 48.3. The average Bonchev–Trinajstić information content (AvgIpc) is 3.06. The highest BCUT2D eigenvalue weighted by Gasteiger charge is 2.30. The molecule has 0 saturated heterocycles. The Kier molecular flexibility index (Phi) is 15.9. The van der Waals surface area contributed by atoms with Crippen molar-refractivity contribution < 1.29 is 28.7 Å². The van der Waals surface area contributed by atoms with Crippen molar-refractivity contribution in [1.29, 1.82) is 0 Å². The van der Waals surface area contributed by atoms with E-state index in [1.807, 2.05) is 0 Å². The zero-order valence-corrected chi connectivity index (χ0v) is 25.0. The van der Waals surface area contributed by atoms with Gasteiger partial charge in [-0.1, -0.05) is 22.7 Å². The minimum Gasteiger partial charge on any atom is -0.488 e. The predicted molar refractivity (Wildman–Crippen MR) is 159 cm³/mol. The number of hydrogen-bond donors (Lipinski definition) is 7. The van der Waals surface area contributed by atoms with Crippen molar-refractivity contribution in [2.75, 3.05) is 49.3 Å². The maximum absolute atomic E-state index is 12.8. The molecule has 0 bridgehead atoms. The van der Waals surface area contributed by atoms with Gasteiger partial charge in [0.1, 0.15) is 16.0 Å². The summed E-state index contributed by atoms with van der Waals surface area (Å²) in [6.45, 7) is 1.46. The smallest absolute Gasteiger partial charge is 0.265 e. The number of carbonyl (C=O) groups excluding carboxylic acids is 4. The number of carbonyl (C=O) groups is 4. The second-order valence-corrected chi connectivity index (χ2v) is 12.3. The van der Waals surface area contributed by atoms with Crippen LogP contribution in [0.3, 0.4) is 0 Å². The average molecular weight is 633 g/mol. The van der Waals surface area contributed by atoms with Gasteiger partial charge in [-0.2, -0.15) is 25.3 Å². The first-order valence-corrected chi connectivity index (χ1v) is 16.6. The van der Waals surface area contributed by atoms with E-state index in [0.717, 1.165) is 17.6 Å². The van der Waals surface area contributed by atoms with E-state index in [9.17, 15) is 19.2 Å². The van der Waals surface area contributed by atoms with E-state index in [-0.39, 0.29) is 44.2 Å². The van der Waals surface area contributed by atoms with Gasteiger partial charge in [-0.3, -0.25) is 19.1 Å². The first kappa shape index (κ1) is 31.8. The lowest BCUT2D eigenvalue weighted by atomic mass is 10.3. The summed E-state index contributed by atoms with van der Waals surface area (Å²) in [5, 5.41) is 5.33. The number of thiol groups is 3. The minimum absolute atomic E-state index is 0.273. The van der Waals surface area contributed by atoms with Crippen LogP contribution in [-0.2, 0) is 9.59 Å². The highest BCUT2D eigenvalue weighted by atomic mass is 33.1. The molecule has 17 heteroatoms. The van der Waals surface area contributed by atoms with E-state index in [1.54, 1.807) is 0 Å². The lowest BCUT2D eigenvalue weighted by molar-refractivity contribution is -0.111. The van der Waals surface area contributed by atoms with Gasteiger partial charge in [0, 0.05) is 42.5 Å². The predicted octanol–water partition coefficient (Wildman–Crippen LogP) is 1.74. The standard InChI is InChI=1S/C19H28N4O6S7/c24-8-11(9-30)22-36-34-7-3-21-18(26)16-14-13(28-4-1-5-29-14)15(35-16)17(25)20-2-6-33-23-12(10-31)19(27)32/h8,11-12,22-23,30-31H,1-7,9-10H2,(H,20,25)(H,21,26)(H,27,32)/t11-,12+/m1/s1. The fourth-order valence-electron chi connectivity index (χ4n) is 2.52. The van der Waals surface area contributed by atoms with Gasteiger partial charge < -0.3 is 24.9 Å². The monoisotopic (exact) mass is 632 g/mol. The van der Waals surface area contributed by atoms with E-state index in [1.165, 1.54) is 33.7 Å². The SMILES string of the molecule is O=C[C@H](CS)NSSCCNC(=O)c1sc(C(=O)NCCSN[C@@H](CS)C(=O)S)c2c1OCCCO2. The van der Waals surface area contributed by atoms with Crippen molar-refractivity contribution in [3.63, 3.8) is 0 Å². The molecule has 2 atom stereocenters. The van der Waals surface area contributed by atoms with Crippen molar-refractivity contribution in [2.45, 2.75) is 18.5 Å². The van der Waals surface area contributed by atoms with Crippen LogP contribution >= 0.6 is 82.9 Å². The summed E-state index contributed by atoms with van der Waals surface area (Å²) in [6.07, 6.45) is 1.43. The Labute approximate surface area is 242 Å². The largest absolute Gasteiger partial charge is 0.488 e. The molecule has 0 unspecified atom stereocenters. The molecule has 2 rings (SSSR count). The van der Waals surface area contributed by atoms with Gasteiger partial charge in [-0.25, -0.2) is 4.72 Å². The molecule has 1 aromatic rings. The van der Waals surface area contributed by atoms with Crippen molar-refractivity contribution in [2.24, 2.45) is 0 Å². The molecule has 1 aliphatic rings. The first-order chi connectivity index (χ1) is 17.4. The zero-order chi connectivity index (χ0) is 26.3. The van der Waals surface area contributed by atoms with Gasteiger partial charge in [-0.15, -0.1) is 24.0 Å². The Hall–Kier alpha value is -0.400. The van der Waals surface area contributed by atoms with E-state index in [4.69, 9.17) is 9.47 Å². The molecule has 1 aromatic heterocycles. The second-order valence-electron chi connectivity index (χ2n) is 6.97. The van der Waals surface area contributed by atoms with Crippen molar-refractivity contribution in [3.8, 4) is 11.5 Å². The summed E-state index contributed by atoms with van der Waals surface area (Å²) in [7, 11) is 2.77. The lowest BCUT2D eigenvalue weighted by Crippen LogP contribution is -2.33. The normalized spacial score (nSPS) is 14.4. The number of thiophene rings is 1. The maximum Gasteiger partial charge on any atom is 0.265 e. The van der Waals surface area contributed by atoms with Crippen LogP contribution in [0.25, 0.3) is 0 Å². The number of aldehydes is 1. The highest BCUT2D eigenvalue weighted by Crippen LogP contribution is 2.43. The lowest BCUT2D eigenvalue weighted by Gasteiger charge is -2.11. The fourth-order valence-corrected chi connectivity index (χ4v) is 7.00. The molecule has 4 N–H and O–H groups in total. The third kappa shape index (κ3) is 10.4. The Bertz CT molecular complexity index is 891. The summed E-state index contributed by atoms with van der Waals surface area (Å²) >= 11 is 14.3. The number of hydrogen-bond acceptors (Lipinski definition) is 14. The molecule has 0 radical (unpaired) electrons. The third-order valence-corrected chi connectivity index (χ3v) is 9.41. The topological polar surface area (TPSA) is 135 Å². The van der Waals surface area contributed by atoms with Crippen molar-refractivity contribution in [1.82, 2.24) is 20.1 Å². The molecule has 202 valence electrons. The van der Waals surface area contributed by atoms with Crippen molar-refractivity contribution in [3.05, 3.63) is 9.75 Å². The van der Waals surface area contributed by atoms with Crippen molar-refractivity contribution >= 4 is 106 Å². The van der Waals surface area contributed by atoms with Gasteiger partial charge in [-0.05, 0) is 11.0 Å². The quantitative estimate of drug-likeness (QED) is 0.0445. The second kappa shape index (κ2) is 18.0. The van der Waals surface area contributed by atoms with Crippen LogP contribution in [0.2, 0.25) is 0 Å². The molecular formula is C19H28N4O6S7. The van der Waals surface area contributed by atoms with Gasteiger partial charge in [0.25, 0.3) is 11.8 Å². The Morgan fingerprint density at radius 2 is 1.58 bits per heavy atom. The molecular weight excluding hydrogens is 605 g/mol. The number of ether oxygens (including phenoxy) is 2. The van der Waals surface area contributed by atoms with Crippen LogP contribution in [0.15, 0.2) is 0 Å². The minimum atomic E-state index is -0.480. The summed E-state index contributed by atoms with van der Waals surface area (Å²) in [5.41, 5.74) is 0. The maximum atomic E-state index is 12.8. The highest BCUT2D eigenvalue weighted by molar-refractivity contribution is 8.76. The van der Waals surface area contributed by atoms with E-state index >= 15 is 0 Å². The molecule has 36 heavy (non-hydrogen) atoms. The summed E-state index contributed by atoms with van der Waals surface area (Å²) in [6, 6.07) is -0.813. The van der Waals surface area contributed by atoms with Crippen LogP contribution in [0.4, 0.5) is 0 Å². The molecule has 10 nitrogen and oxygen atoms in total. The molecule has 0 aromatic carbocycles. The first-order valence-electron chi connectivity index (χ1n) is 10.7. The zero-order valence-electron chi connectivity index (χ0n) is 19.0.